The van der Waals surface area contributed by atoms with E-state index in [4.69, 9.17) is 16.0 Å². The average Bonchev–Trinajstić information content (AvgIpc) is 3.35. The summed E-state index contributed by atoms with van der Waals surface area (Å²) in [4.78, 5) is 38.6. The Balaban J connectivity index is -0.000000124. The fraction of sp³-hybridized carbons (Fsp3) is 0.930. The molecule has 81 heavy (non-hydrogen) atoms. The van der Waals surface area contributed by atoms with Gasteiger partial charge in [-0.15, -0.1) is 0 Å². The normalized spacial score (nSPS) is 19.9. The molecule has 2 atom stereocenters. The third kappa shape index (κ3) is 69.6. The van der Waals surface area contributed by atoms with Crippen LogP contribution in [0.15, 0.2) is 0 Å². The minimum atomic E-state index is -3.67. The second kappa shape index (κ2) is 60.4. The van der Waals surface area contributed by atoms with Gasteiger partial charge in [-0.3, -0.25) is 19.1 Å². The first-order valence-electron chi connectivity index (χ1n) is 28.7. The highest BCUT2D eigenvalue weighted by Crippen LogP contribution is 2.30. The molecule has 2 unspecified atom stereocenters. The number of hydrogen-bond donors (Lipinski definition) is 1. The maximum Gasteiger partial charge on any atom is 0.379 e. The van der Waals surface area contributed by atoms with Crippen molar-refractivity contribution >= 4 is 47.2 Å². The number of halogens is 6. The van der Waals surface area contributed by atoms with E-state index in [2.05, 4.69) is 58.6 Å². The Bertz CT molecular complexity index is 1760. The van der Waals surface area contributed by atoms with E-state index in [0.29, 0.717) is 106 Å². The van der Waals surface area contributed by atoms with E-state index in [0.717, 1.165) is 31.2 Å². The van der Waals surface area contributed by atoms with Crippen molar-refractivity contribution in [3.63, 3.8) is 0 Å². The van der Waals surface area contributed by atoms with Crippen LogP contribution in [0.4, 0.5) is 26.7 Å². The summed E-state index contributed by atoms with van der Waals surface area (Å²) in [6.07, 6.45) is 18.4. The van der Waals surface area contributed by atoms with Crippen molar-refractivity contribution in [1.82, 2.24) is 15.1 Å². The van der Waals surface area contributed by atoms with Gasteiger partial charge in [-0.05, 0) is 110 Å². The second-order valence-corrected chi connectivity index (χ2v) is 27.2. The van der Waals surface area contributed by atoms with Gasteiger partial charge in [-0.25, -0.2) is 40.6 Å². The van der Waals surface area contributed by atoms with Crippen molar-refractivity contribution in [3.8, 4) is 0 Å². The van der Waals surface area contributed by atoms with Crippen molar-refractivity contribution in [3.05, 3.63) is 11.4 Å². The first-order chi connectivity index (χ1) is 36.8. The molecule has 0 aromatic rings. The van der Waals surface area contributed by atoms with Gasteiger partial charge in [0.05, 0.1) is 52.8 Å². The molecule has 0 aromatic carbocycles. The Hall–Kier alpha value is -2.75. The van der Waals surface area contributed by atoms with E-state index in [1.54, 1.807) is 30.9 Å². The molecule has 0 aromatic heterocycles. The molecule has 15 nitrogen and oxygen atoms in total. The van der Waals surface area contributed by atoms with Crippen LogP contribution in [0.2, 0.25) is 0 Å². The summed E-state index contributed by atoms with van der Waals surface area (Å²) in [7, 11) is -2.84. The number of carbonyl (C=O) groups is 3. The minimum Gasteiger partial charge on any atom is -0.378 e. The Morgan fingerprint density at radius 2 is 1.04 bits per heavy atom. The molecule has 1 N–H and O–H groups in total. The number of carbonyl (C=O) groups excluding carboxylic acids is 3. The Morgan fingerprint density at radius 3 is 1.26 bits per heavy atom. The van der Waals surface area contributed by atoms with Crippen LogP contribution < -0.4 is 5.32 Å². The van der Waals surface area contributed by atoms with Crippen LogP contribution in [-0.4, -0.2) is 167 Å². The largest absolute Gasteiger partial charge is 0.379 e. The summed E-state index contributed by atoms with van der Waals surface area (Å²) >= 11 is 0. The molecule has 1 saturated carbocycles. The van der Waals surface area contributed by atoms with E-state index >= 15 is 0 Å². The van der Waals surface area contributed by atoms with Gasteiger partial charge >= 0.3 is 6.68 Å². The van der Waals surface area contributed by atoms with Gasteiger partial charge in [0.15, 0.2) is 9.84 Å². The fourth-order valence-electron chi connectivity index (χ4n) is 7.57. The number of ether oxygens (including phenoxy) is 2. The van der Waals surface area contributed by atoms with Crippen LogP contribution in [0.3, 0.4) is 0 Å². The van der Waals surface area contributed by atoms with Crippen molar-refractivity contribution < 1.29 is 75.8 Å². The van der Waals surface area contributed by atoms with Gasteiger partial charge in [0.1, 0.15) is 19.7 Å². The Kier molecular flexibility index (Phi) is 70.5. The van der Waals surface area contributed by atoms with Gasteiger partial charge in [0.25, 0.3) is 0 Å². The minimum absolute atomic E-state index is 0. The number of alkyl halides is 5. The maximum absolute atomic E-state index is 11.6. The predicted octanol–water partition coefficient (Wildman–Crippen LogP) is 13.1. The number of amides is 3. The quantitative estimate of drug-likeness (QED) is 0.161. The average molecular weight is 1250 g/mol. The van der Waals surface area contributed by atoms with Crippen LogP contribution in [-0.2, 0) is 53.4 Å². The van der Waals surface area contributed by atoms with Crippen molar-refractivity contribution in [1.29, 1.82) is 0 Å². The number of sulfone groups is 3. The molecular formula is C57H118F6N4O11S3. The molecule has 5 fully saturated rings. The summed E-state index contributed by atoms with van der Waals surface area (Å²) < 4.78 is 125. The maximum atomic E-state index is 11.6. The highest BCUT2D eigenvalue weighted by Gasteiger charge is 2.26. The van der Waals surface area contributed by atoms with Crippen LogP contribution in [0.5, 0.6) is 0 Å². The first kappa shape index (κ1) is 94.6. The summed E-state index contributed by atoms with van der Waals surface area (Å²) in [6, 6.07) is 0. The molecule has 4 heterocycles. The van der Waals surface area contributed by atoms with E-state index in [1.165, 1.54) is 51.4 Å². The van der Waals surface area contributed by atoms with Gasteiger partial charge in [-0.2, -0.15) is 13.2 Å². The molecule has 24 heteroatoms. The second-order valence-electron chi connectivity index (χ2n) is 20.2. The third-order valence-electron chi connectivity index (χ3n) is 12.3. The monoisotopic (exact) mass is 1240 g/mol. The van der Waals surface area contributed by atoms with Crippen molar-refractivity contribution in [2.75, 3.05) is 88.8 Å². The van der Waals surface area contributed by atoms with Gasteiger partial charge in [0.2, 0.25) is 31.2 Å². The lowest BCUT2D eigenvalue weighted by atomic mass is 9.82. The zero-order valence-electron chi connectivity index (χ0n) is 52.3. The lowest BCUT2D eigenvalue weighted by molar-refractivity contribution is -0.131. The van der Waals surface area contributed by atoms with Gasteiger partial charge in [-0.1, -0.05) is 94.4 Å². The van der Waals surface area contributed by atoms with E-state index in [1.807, 2.05) is 41.5 Å². The molecule has 0 spiro atoms. The molecule has 0 radical (unpaired) electrons. The van der Waals surface area contributed by atoms with E-state index < -0.39 is 43.1 Å². The highest BCUT2D eigenvalue weighted by molar-refractivity contribution is 7.91. The Morgan fingerprint density at radius 1 is 0.654 bits per heavy atom. The number of rotatable bonds is 10. The van der Waals surface area contributed by atoms with Crippen LogP contribution in [0, 0.1) is 30.2 Å². The van der Waals surface area contributed by atoms with Gasteiger partial charge in [0, 0.05) is 67.0 Å². The molecule has 0 bridgehead atoms. The summed E-state index contributed by atoms with van der Waals surface area (Å²) in [5.41, 5.74) is 0. The standard InChI is InChI=1S/C10H19NO3S.C8H16O.C7H14O3S.C7H14.C6H12O2S.2C5H11NO.C3H5N.C3H8.CHF3.CH2F2.CH4.FH/c1-3-11(2)10(12)8-9-4-6-15(13,14)7-5-9;1-6-4-7(2)9-8(3)5-6;1-2-10-7-3-5-11(8,9)6-4-7;1-2-4-7-5-3-6-7;1-6-2-4-9(7,8)5-3-6;1-4-5(7)6(2)3;1-3-5(7)6-4-2;1-3-4-2;1-3-2;2-1(3)4;2-1-3;;/h9H,3-8H2,1-2H3;6-8H,4-5H2,1-3H3;7H,2-6H2,1H3;7H,2-6H2,1H3;6H,2-5H2,1H3;4H2,1-3H3;3-4H2,1-2H3,(H,6,7);3H2,1H3;3H2,1-2H3;1H;1H2;1H4;1H. The van der Waals surface area contributed by atoms with E-state index in [9.17, 15) is 61.6 Å². The third-order valence-corrected chi connectivity index (χ3v) is 17.4. The zero-order valence-corrected chi connectivity index (χ0v) is 54.7. The van der Waals surface area contributed by atoms with E-state index in [-0.39, 0.29) is 53.4 Å². The lowest BCUT2D eigenvalue weighted by Gasteiger charge is -2.29. The molecule has 4 aliphatic heterocycles. The molecule has 5 rings (SSSR count). The summed E-state index contributed by atoms with van der Waals surface area (Å²) in [5.74, 6) is 5.24. The van der Waals surface area contributed by atoms with Crippen LogP contribution in [0.1, 0.15) is 207 Å². The highest BCUT2D eigenvalue weighted by atomic mass is 32.2. The summed E-state index contributed by atoms with van der Waals surface area (Å²) in [6.45, 7) is 30.0. The molecular weight excluding hydrogens is 1130 g/mol. The molecule has 3 amide bonds. The molecule has 492 valence electrons. The molecule has 5 aliphatic rings. The number of nitrogens with zero attached hydrogens (tertiary/aromatic N) is 3. The van der Waals surface area contributed by atoms with Crippen molar-refractivity contribution in [2.45, 2.75) is 232 Å². The fourth-order valence-corrected chi connectivity index (χ4v) is 12.3. The lowest BCUT2D eigenvalue weighted by Crippen LogP contribution is -2.31. The smallest absolute Gasteiger partial charge is 0.378 e. The first-order valence-corrected chi connectivity index (χ1v) is 34.2. The van der Waals surface area contributed by atoms with Crippen LogP contribution >= 0.6 is 0 Å². The van der Waals surface area contributed by atoms with Crippen molar-refractivity contribution in [2.24, 2.45) is 23.7 Å². The number of nitrogens with one attached hydrogen (secondary N) is 1. The predicted molar refractivity (Wildman–Crippen MR) is 325 cm³/mol. The van der Waals surface area contributed by atoms with Gasteiger partial charge < -0.3 is 29.4 Å². The summed E-state index contributed by atoms with van der Waals surface area (Å²) in [5, 5.41) is 2.66. The Labute approximate surface area is 491 Å². The molecule has 1 aliphatic carbocycles. The zero-order chi connectivity index (χ0) is 62.6. The number of hydrogen-bond acceptors (Lipinski definition) is 11. The molecule has 4 saturated heterocycles. The van der Waals surface area contributed by atoms with Crippen LogP contribution in [0.25, 0.3) is 4.85 Å². The SMILES string of the molecule is C.CC1CC(C)OC(C)C1.CC1CCS(=O)(=O)CC1.CCC.CCC(=O)N(C)C.CCCC1CCC1.CCN(C)C(=O)CC1CCS(=O)(=O)CC1.CCNC(=O)CC.CCOC1CCS(=O)(=O)CC1.F.FC(F)F.FCF.[C-]#[N+]CC. The topological polar surface area (TPSA) is 195 Å².